The van der Waals surface area contributed by atoms with Crippen LogP contribution in [0, 0.1) is 0 Å². The second kappa shape index (κ2) is 5.71. The minimum absolute atomic E-state index is 0.0356. The zero-order valence-electron chi connectivity index (χ0n) is 12.1. The maximum absolute atomic E-state index is 12.5. The van der Waals surface area contributed by atoms with E-state index in [1.54, 1.807) is 30.6 Å². The van der Waals surface area contributed by atoms with Crippen molar-refractivity contribution in [3.8, 4) is 0 Å². The van der Waals surface area contributed by atoms with Crippen molar-refractivity contribution in [2.24, 2.45) is 0 Å². The molecule has 0 saturated heterocycles. The van der Waals surface area contributed by atoms with Crippen molar-refractivity contribution in [3.05, 3.63) is 36.2 Å². The maximum Gasteiger partial charge on any atom is 0.305 e. The van der Waals surface area contributed by atoms with E-state index in [0.717, 1.165) is 18.4 Å². The van der Waals surface area contributed by atoms with Gasteiger partial charge in [0, 0.05) is 18.0 Å². The highest BCUT2D eigenvalue weighted by atomic mass is 16.4. The van der Waals surface area contributed by atoms with Gasteiger partial charge in [-0.15, -0.1) is 0 Å². The molecule has 2 aromatic rings. The number of carboxylic acid groups (broad SMARTS) is 1. The van der Waals surface area contributed by atoms with E-state index in [1.165, 1.54) is 0 Å². The molecular weight excluding hydrogens is 282 g/mol. The van der Waals surface area contributed by atoms with Gasteiger partial charge in [0.05, 0.1) is 23.0 Å². The molecule has 3 rings (SSSR count). The van der Waals surface area contributed by atoms with Gasteiger partial charge in [-0.25, -0.2) is 0 Å². The summed E-state index contributed by atoms with van der Waals surface area (Å²) in [6, 6.07) is 5.12. The normalized spacial score (nSPS) is 16.5. The molecule has 6 nitrogen and oxygen atoms in total. The quantitative estimate of drug-likeness (QED) is 0.902. The lowest BCUT2D eigenvalue weighted by atomic mass is 9.92. The number of benzene rings is 1. The van der Waals surface area contributed by atoms with Crippen LogP contribution in [-0.4, -0.2) is 32.5 Å². The molecule has 1 aliphatic carbocycles. The van der Waals surface area contributed by atoms with Crippen LogP contribution in [0.2, 0.25) is 0 Å². The SMILES string of the molecule is O=C(O)CC1(NC(=O)c2ccc3nccnc3c2)CCCC1. The number of aromatic nitrogens is 2. The highest BCUT2D eigenvalue weighted by Crippen LogP contribution is 2.33. The fraction of sp³-hybridized carbons (Fsp3) is 0.375. The molecule has 0 radical (unpaired) electrons. The molecule has 6 heteroatoms. The fourth-order valence-corrected chi connectivity index (χ4v) is 3.10. The molecule has 2 N–H and O–H groups in total. The van der Waals surface area contributed by atoms with Crippen molar-refractivity contribution in [2.45, 2.75) is 37.6 Å². The zero-order chi connectivity index (χ0) is 15.6. The molecular formula is C16H17N3O3. The van der Waals surface area contributed by atoms with Crippen LogP contribution in [0.3, 0.4) is 0 Å². The molecule has 0 unspecified atom stereocenters. The molecule has 114 valence electrons. The van der Waals surface area contributed by atoms with Gasteiger partial charge in [-0.3, -0.25) is 19.6 Å². The topological polar surface area (TPSA) is 92.2 Å². The summed E-state index contributed by atoms with van der Waals surface area (Å²) in [5.74, 6) is -1.14. The third-order valence-electron chi connectivity index (χ3n) is 4.16. The van der Waals surface area contributed by atoms with Gasteiger partial charge >= 0.3 is 5.97 Å². The van der Waals surface area contributed by atoms with E-state index in [9.17, 15) is 9.59 Å². The van der Waals surface area contributed by atoms with Gasteiger partial charge in [0.1, 0.15) is 0 Å². The molecule has 1 amide bonds. The van der Waals surface area contributed by atoms with Crippen LogP contribution < -0.4 is 5.32 Å². The van der Waals surface area contributed by atoms with Gasteiger partial charge < -0.3 is 10.4 Å². The number of amides is 1. The summed E-state index contributed by atoms with van der Waals surface area (Å²) in [6.45, 7) is 0. The molecule has 1 aromatic carbocycles. The smallest absolute Gasteiger partial charge is 0.305 e. The number of carbonyl (C=O) groups excluding carboxylic acids is 1. The van der Waals surface area contributed by atoms with Crippen molar-refractivity contribution in [1.82, 2.24) is 15.3 Å². The van der Waals surface area contributed by atoms with Crippen LogP contribution in [0.4, 0.5) is 0 Å². The van der Waals surface area contributed by atoms with Crippen molar-refractivity contribution in [1.29, 1.82) is 0 Å². The largest absolute Gasteiger partial charge is 0.481 e. The summed E-state index contributed by atoms with van der Waals surface area (Å²) in [4.78, 5) is 31.9. The number of hydrogen-bond donors (Lipinski definition) is 2. The summed E-state index contributed by atoms with van der Waals surface area (Å²) in [6.07, 6.45) is 6.44. The average molecular weight is 299 g/mol. The Morgan fingerprint density at radius 1 is 1.14 bits per heavy atom. The highest BCUT2D eigenvalue weighted by molar-refractivity contribution is 5.97. The Balaban J connectivity index is 1.83. The highest BCUT2D eigenvalue weighted by Gasteiger charge is 2.37. The molecule has 0 bridgehead atoms. The van der Waals surface area contributed by atoms with Crippen LogP contribution >= 0.6 is 0 Å². The minimum atomic E-state index is -0.883. The Hall–Kier alpha value is -2.50. The van der Waals surface area contributed by atoms with Crippen molar-refractivity contribution in [2.75, 3.05) is 0 Å². The summed E-state index contributed by atoms with van der Waals surface area (Å²) < 4.78 is 0. The van der Waals surface area contributed by atoms with E-state index in [4.69, 9.17) is 5.11 Å². The first-order chi connectivity index (χ1) is 10.6. The number of carboxylic acids is 1. The number of fused-ring (bicyclic) bond motifs is 1. The first kappa shape index (κ1) is 14.4. The Morgan fingerprint density at radius 3 is 2.50 bits per heavy atom. The van der Waals surface area contributed by atoms with E-state index < -0.39 is 11.5 Å². The molecule has 1 aliphatic rings. The molecule has 1 aromatic heterocycles. The number of hydrogen-bond acceptors (Lipinski definition) is 4. The lowest BCUT2D eigenvalue weighted by molar-refractivity contribution is -0.138. The third-order valence-corrected chi connectivity index (χ3v) is 4.16. The first-order valence-corrected chi connectivity index (χ1v) is 7.33. The second-order valence-corrected chi connectivity index (χ2v) is 5.77. The van der Waals surface area contributed by atoms with E-state index in [1.807, 2.05) is 0 Å². The number of aliphatic carboxylic acids is 1. The number of nitrogens with zero attached hydrogens (tertiary/aromatic N) is 2. The number of rotatable bonds is 4. The van der Waals surface area contributed by atoms with Gasteiger partial charge in [0.15, 0.2) is 0 Å². The summed E-state index contributed by atoms with van der Waals surface area (Å²) in [5, 5.41) is 12.0. The maximum atomic E-state index is 12.5. The molecule has 0 spiro atoms. The van der Waals surface area contributed by atoms with Crippen molar-refractivity contribution >= 4 is 22.9 Å². The van der Waals surface area contributed by atoms with Crippen molar-refractivity contribution in [3.63, 3.8) is 0 Å². The molecule has 1 saturated carbocycles. The Labute approximate surface area is 127 Å². The monoisotopic (exact) mass is 299 g/mol. The second-order valence-electron chi connectivity index (χ2n) is 5.77. The first-order valence-electron chi connectivity index (χ1n) is 7.33. The van der Waals surface area contributed by atoms with Gasteiger partial charge in [0.2, 0.25) is 0 Å². The molecule has 1 fully saturated rings. The summed E-state index contributed by atoms with van der Waals surface area (Å²) >= 11 is 0. The predicted molar refractivity (Wildman–Crippen MR) is 80.5 cm³/mol. The van der Waals surface area contributed by atoms with Crippen LogP contribution in [0.15, 0.2) is 30.6 Å². The van der Waals surface area contributed by atoms with Crippen LogP contribution in [0.25, 0.3) is 11.0 Å². The van der Waals surface area contributed by atoms with E-state index in [-0.39, 0.29) is 12.3 Å². The fourth-order valence-electron chi connectivity index (χ4n) is 3.10. The van der Waals surface area contributed by atoms with E-state index >= 15 is 0 Å². The molecule has 22 heavy (non-hydrogen) atoms. The van der Waals surface area contributed by atoms with Gasteiger partial charge in [-0.1, -0.05) is 12.8 Å². The van der Waals surface area contributed by atoms with E-state index in [0.29, 0.717) is 23.9 Å². The van der Waals surface area contributed by atoms with Crippen molar-refractivity contribution < 1.29 is 14.7 Å². The minimum Gasteiger partial charge on any atom is -0.481 e. The van der Waals surface area contributed by atoms with E-state index in [2.05, 4.69) is 15.3 Å². The molecule has 0 aliphatic heterocycles. The Morgan fingerprint density at radius 2 is 1.82 bits per heavy atom. The third kappa shape index (κ3) is 2.90. The lowest BCUT2D eigenvalue weighted by Gasteiger charge is -2.28. The average Bonchev–Trinajstić information content (AvgIpc) is 2.94. The van der Waals surface area contributed by atoms with Crippen LogP contribution in [0.5, 0.6) is 0 Å². The Kier molecular flexibility index (Phi) is 3.75. The molecule has 0 atom stereocenters. The standard InChI is InChI=1S/C16H17N3O3/c20-14(21)10-16(5-1-2-6-16)19-15(22)11-3-4-12-13(9-11)18-8-7-17-12/h3-4,7-9H,1-2,5-6,10H2,(H,19,22)(H,20,21). The van der Waals surface area contributed by atoms with Crippen LogP contribution in [-0.2, 0) is 4.79 Å². The summed E-state index contributed by atoms with van der Waals surface area (Å²) in [7, 11) is 0. The molecule has 1 heterocycles. The predicted octanol–water partition coefficient (Wildman–Crippen LogP) is 2.15. The van der Waals surface area contributed by atoms with Gasteiger partial charge in [-0.05, 0) is 31.0 Å². The Bertz CT molecular complexity index is 723. The zero-order valence-corrected chi connectivity index (χ0v) is 12.1. The van der Waals surface area contributed by atoms with Gasteiger partial charge in [0.25, 0.3) is 5.91 Å². The van der Waals surface area contributed by atoms with Gasteiger partial charge in [-0.2, -0.15) is 0 Å². The number of carbonyl (C=O) groups is 2. The summed E-state index contributed by atoms with van der Waals surface area (Å²) in [5.41, 5.74) is 1.22. The number of nitrogens with one attached hydrogen (secondary N) is 1. The lowest BCUT2D eigenvalue weighted by Crippen LogP contribution is -2.47. The van der Waals surface area contributed by atoms with Crippen LogP contribution in [0.1, 0.15) is 42.5 Å².